The van der Waals surface area contributed by atoms with Crippen LogP contribution < -0.4 is 5.56 Å². The minimum Gasteiger partial charge on any atom is -0.481 e. The number of benzene rings is 2. The fourth-order valence-electron chi connectivity index (χ4n) is 3.79. The number of rotatable bonds is 10. The third kappa shape index (κ3) is 8.03. The Morgan fingerprint density at radius 2 is 1.59 bits per heavy atom. The summed E-state index contributed by atoms with van der Waals surface area (Å²) >= 11 is 1.15. The Balaban J connectivity index is 0.000000360. The van der Waals surface area contributed by atoms with E-state index in [9.17, 15) is 22.8 Å². The van der Waals surface area contributed by atoms with Crippen LogP contribution in [-0.2, 0) is 23.9 Å². The van der Waals surface area contributed by atoms with Crippen molar-refractivity contribution >= 4 is 38.3 Å². The molecule has 0 saturated heterocycles. The monoisotopic (exact) mass is 568 g/mol. The number of hydrogen-bond donors (Lipinski definition) is 4. The van der Waals surface area contributed by atoms with Crippen LogP contribution in [0, 0.1) is 0 Å². The highest BCUT2D eigenvalue weighted by Crippen LogP contribution is 2.33. The summed E-state index contributed by atoms with van der Waals surface area (Å²) in [6.07, 6.45) is -4.84. The fourth-order valence-corrected chi connectivity index (χ4v) is 4.72. The lowest BCUT2D eigenvalue weighted by molar-refractivity contribution is -0.138. The first-order chi connectivity index (χ1) is 18.6. The van der Waals surface area contributed by atoms with Crippen molar-refractivity contribution in [3.63, 3.8) is 0 Å². The van der Waals surface area contributed by atoms with Crippen LogP contribution in [0.2, 0.25) is 0 Å². The molecule has 4 N–H and O–H groups in total. The lowest BCUT2D eigenvalue weighted by Crippen LogP contribution is -2.32. The van der Waals surface area contributed by atoms with Crippen LogP contribution >= 0.6 is 11.3 Å². The molecular weight excluding hydrogens is 541 g/mol. The average Bonchev–Trinajstić information content (AvgIpc) is 3.29. The number of alkyl halides is 3. The standard InChI is InChI=1S/C19H12F3N3O3S.C6H15NO3/c20-19(21,22)10-5-6-15-14(7-10)23-16(29-15)9-25-18(28)12-4-2-1-3-11(12)13(24-25)8-17(26)27;8-4-1-7(2-5-9)3-6-10/h1-7H,8-9H2,(H,26,27);8-10H,1-6H2. The van der Waals surface area contributed by atoms with Crippen LogP contribution in [0.4, 0.5) is 13.2 Å². The zero-order valence-corrected chi connectivity index (χ0v) is 21.5. The van der Waals surface area contributed by atoms with Gasteiger partial charge in [0.15, 0.2) is 0 Å². The molecule has 10 nitrogen and oxygen atoms in total. The summed E-state index contributed by atoms with van der Waals surface area (Å²) < 4.78 is 40.3. The highest BCUT2D eigenvalue weighted by molar-refractivity contribution is 7.18. The van der Waals surface area contributed by atoms with Gasteiger partial charge in [-0.2, -0.15) is 18.3 Å². The van der Waals surface area contributed by atoms with Gasteiger partial charge in [-0.05, 0) is 24.3 Å². The zero-order valence-electron chi connectivity index (χ0n) is 20.6. The second-order valence-electron chi connectivity index (χ2n) is 8.33. The highest BCUT2D eigenvalue weighted by Gasteiger charge is 2.30. The smallest absolute Gasteiger partial charge is 0.416 e. The first kappa shape index (κ1) is 30.1. The number of nitrogens with zero attached hydrogens (tertiary/aromatic N) is 4. The average molecular weight is 569 g/mol. The van der Waals surface area contributed by atoms with E-state index in [1.807, 2.05) is 0 Å². The molecule has 0 fully saturated rings. The highest BCUT2D eigenvalue weighted by atomic mass is 32.1. The van der Waals surface area contributed by atoms with Crippen molar-refractivity contribution in [3.05, 3.63) is 69.1 Å². The molecule has 0 aliphatic heterocycles. The molecule has 14 heteroatoms. The minimum atomic E-state index is -4.47. The number of aliphatic hydroxyl groups excluding tert-OH is 3. The van der Waals surface area contributed by atoms with Crippen molar-refractivity contribution in [1.82, 2.24) is 19.7 Å². The third-order valence-electron chi connectivity index (χ3n) is 5.56. The van der Waals surface area contributed by atoms with Gasteiger partial charge in [0, 0.05) is 25.0 Å². The second kappa shape index (κ2) is 13.6. The largest absolute Gasteiger partial charge is 0.481 e. The number of aliphatic hydroxyl groups is 3. The van der Waals surface area contributed by atoms with Crippen molar-refractivity contribution in [2.24, 2.45) is 0 Å². The van der Waals surface area contributed by atoms with Gasteiger partial charge in [-0.1, -0.05) is 18.2 Å². The third-order valence-corrected chi connectivity index (χ3v) is 6.58. The van der Waals surface area contributed by atoms with Crippen molar-refractivity contribution in [1.29, 1.82) is 0 Å². The van der Waals surface area contributed by atoms with Gasteiger partial charge in [0.25, 0.3) is 5.56 Å². The van der Waals surface area contributed by atoms with E-state index >= 15 is 0 Å². The van der Waals surface area contributed by atoms with Gasteiger partial charge in [-0.3, -0.25) is 14.5 Å². The fraction of sp³-hybridized carbons (Fsp3) is 0.360. The van der Waals surface area contributed by atoms with Crippen molar-refractivity contribution in [2.45, 2.75) is 19.1 Å². The van der Waals surface area contributed by atoms with E-state index < -0.39 is 23.3 Å². The van der Waals surface area contributed by atoms with E-state index in [2.05, 4.69) is 10.1 Å². The van der Waals surface area contributed by atoms with Crippen LogP contribution in [0.5, 0.6) is 0 Å². The van der Waals surface area contributed by atoms with E-state index in [0.29, 0.717) is 40.1 Å². The summed E-state index contributed by atoms with van der Waals surface area (Å²) in [4.78, 5) is 29.9. The van der Waals surface area contributed by atoms with Gasteiger partial charge < -0.3 is 20.4 Å². The van der Waals surface area contributed by atoms with Crippen molar-refractivity contribution < 1.29 is 38.4 Å². The minimum absolute atomic E-state index is 0.0694. The molecule has 2 aromatic heterocycles. The lowest BCUT2D eigenvalue weighted by atomic mass is 10.1. The number of aromatic nitrogens is 3. The van der Waals surface area contributed by atoms with Gasteiger partial charge in [0.05, 0.1) is 59.6 Å². The first-order valence-corrected chi connectivity index (χ1v) is 12.6. The Bertz CT molecular complexity index is 1460. The molecule has 39 heavy (non-hydrogen) atoms. The number of halogens is 3. The topological polar surface area (TPSA) is 149 Å². The van der Waals surface area contributed by atoms with E-state index in [0.717, 1.165) is 28.2 Å². The normalized spacial score (nSPS) is 11.7. The predicted octanol–water partition coefficient (Wildman–Crippen LogP) is 1.97. The summed E-state index contributed by atoms with van der Waals surface area (Å²) in [5.41, 5.74) is -0.816. The molecule has 0 aliphatic carbocycles. The van der Waals surface area contributed by atoms with E-state index in [1.165, 1.54) is 6.07 Å². The van der Waals surface area contributed by atoms with Crippen LogP contribution in [-0.4, -0.2) is 85.5 Å². The molecule has 0 saturated carbocycles. The van der Waals surface area contributed by atoms with Gasteiger partial charge in [0.2, 0.25) is 0 Å². The molecule has 0 bridgehead atoms. The van der Waals surface area contributed by atoms with Crippen LogP contribution in [0.15, 0.2) is 47.3 Å². The molecule has 4 aromatic rings. The molecule has 0 radical (unpaired) electrons. The number of aliphatic carboxylic acids is 1. The van der Waals surface area contributed by atoms with E-state index in [1.54, 1.807) is 29.2 Å². The van der Waals surface area contributed by atoms with E-state index in [-0.39, 0.29) is 44.0 Å². The van der Waals surface area contributed by atoms with Crippen LogP contribution in [0.1, 0.15) is 16.3 Å². The first-order valence-electron chi connectivity index (χ1n) is 11.8. The number of thiazole rings is 1. The Labute approximate surface area is 224 Å². The van der Waals surface area contributed by atoms with Crippen LogP contribution in [0.3, 0.4) is 0 Å². The summed E-state index contributed by atoms with van der Waals surface area (Å²) in [7, 11) is 0. The van der Waals surface area contributed by atoms with Gasteiger partial charge in [-0.15, -0.1) is 11.3 Å². The maximum absolute atomic E-state index is 12.9. The van der Waals surface area contributed by atoms with Gasteiger partial charge >= 0.3 is 12.1 Å². The molecule has 0 unspecified atom stereocenters. The molecule has 2 aromatic carbocycles. The number of hydrogen-bond acceptors (Lipinski definition) is 9. The lowest BCUT2D eigenvalue weighted by Gasteiger charge is -2.17. The molecule has 4 rings (SSSR count). The van der Waals surface area contributed by atoms with E-state index in [4.69, 9.17) is 20.4 Å². The maximum Gasteiger partial charge on any atom is 0.416 e. The molecule has 0 atom stereocenters. The van der Waals surface area contributed by atoms with Crippen molar-refractivity contribution in [3.8, 4) is 0 Å². The zero-order chi connectivity index (χ0) is 28.6. The Hall–Kier alpha value is -3.43. The molecule has 0 spiro atoms. The predicted molar refractivity (Wildman–Crippen MR) is 139 cm³/mol. The number of carboxylic acids is 1. The number of carboxylic acid groups (broad SMARTS) is 1. The molecule has 2 heterocycles. The van der Waals surface area contributed by atoms with Crippen LogP contribution in [0.25, 0.3) is 21.0 Å². The number of carbonyl (C=O) groups is 1. The Morgan fingerprint density at radius 1 is 0.974 bits per heavy atom. The summed E-state index contributed by atoms with van der Waals surface area (Å²) in [6.45, 7) is 1.68. The maximum atomic E-state index is 12.9. The van der Waals surface area contributed by atoms with Gasteiger partial charge in [-0.25, -0.2) is 9.67 Å². The molecular formula is C25H27F3N4O6S. The number of fused-ring (bicyclic) bond motifs is 2. The quantitative estimate of drug-likeness (QED) is 0.225. The molecule has 0 aliphatic rings. The Kier molecular flexibility index (Phi) is 10.5. The van der Waals surface area contributed by atoms with Gasteiger partial charge in [0.1, 0.15) is 5.01 Å². The summed E-state index contributed by atoms with van der Waals surface area (Å²) in [5, 5.41) is 39.9. The Morgan fingerprint density at radius 3 is 2.15 bits per heavy atom. The molecule has 210 valence electrons. The van der Waals surface area contributed by atoms with Crippen molar-refractivity contribution in [2.75, 3.05) is 39.5 Å². The summed E-state index contributed by atoms with van der Waals surface area (Å²) in [5.74, 6) is -1.09. The molecule has 0 amide bonds. The SMILES string of the molecule is O=C(O)Cc1nn(Cc2nc3cc(C(F)(F)F)ccc3s2)c(=O)c2ccccc12.OCCN(CCO)CCO. The second-order valence-corrected chi connectivity index (χ2v) is 9.44. The summed E-state index contributed by atoms with van der Waals surface area (Å²) in [6, 6.07) is 9.83.